The summed E-state index contributed by atoms with van der Waals surface area (Å²) in [6.07, 6.45) is 1.50. The minimum atomic E-state index is -0.565. The van der Waals surface area contributed by atoms with Crippen molar-refractivity contribution in [2.45, 2.75) is 13.0 Å². The number of hydrogen-bond acceptors (Lipinski definition) is 4. The van der Waals surface area contributed by atoms with E-state index in [2.05, 4.69) is 5.32 Å². The number of nitrogens with one attached hydrogen (secondary N) is 1. The first-order valence-electron chi connectivity index (χ1n) is 6.25. The Balaban J connectivity index is 2.15. The van der Waals surface area contributed by atoms with Crippen molar-refractivity contribution in [3.05, 3.63) is 53.5 Å². The van der Waals surface area contributed by atoms with Crippen LogP contribution in [0.1, 0.15) is 27.7 Å². The summed E-state index contributed by atoms with van der Waals surface area (Å²) in [6, 6.07) is 8.04. The summed E-state index contributed by atoms with van der Waals surface area (Å²) in [5.41, 5.74) is 1.42. The highest BCUT2D eigenvalue weighted by Crippen LogP contribution is 2.20. The SMILES string of the molecule is COc1cc(C(=O)NC(CO)c2ccco2)ccc1C. The smallest absolute Gasteiger partial charge is 0.252 e. The average molecular weight is 275 g/mol. The fraction of sp³-hybridized carbons (Fsp3) is 0.267. The Labute approximate surface area is 117 Å². The number of rotatable bonds is 5. The second-order valence-electron chi connectivity index (χ2n) is 4.41. The Morgan fingerprint density at radius 1 is 1.45 bits per heavy atom. The van der Waals surface area contributed by atoms with Crippen molar-refractivity contribution in [1.29, 1.82) is 0 Å². The van der Waals surface area contributed by atoms with Crippen LogP contribution in [0, 0.1) is 6.92 Å². The van der Waals surface area contributed by atoms with E-state index in [1.807, 2.05) is 13.0 Å². The van der Waals surface area contributed by atoms with E-state index in [9.17, 15) is 9.90 Å². The topological polar surface area (TPSA) is 71.7 Å². The van der Waals surface area contributed by atoms with Crippen LogP contribution in [0.25, 0.3) is 0 Å². The Morgan fingerprint density at radius 2 is 2.25 bits per heavy atom. The van der Waals surface area contributed by atoms with Gasteiger partial charge < -0.3 is 19.6 Å². The summed E-state index contributed by atoms with van der Waals surface area (Å²) >= 11 is 0. The van der Waals surface area contributed by atoms with E-state index in [1.165, 1.54) is 6.26 Å². The zero-order chi connectivity index (χ0) is 14.5. The molecule has 0 saturated heterocycles. The van der Waals surface area contributed by atoms with E-state index in [0.29, 0.717) is 17.1 Å². The molecule has 0 aliphatic heterocycles. The fourth-order valence-corrected chi connectivity index (χ4v) is 1.90. The molecule has 1 aromatic heterocycles. The lowest BCUT2D eigenvalue weighted by Crippen LogP contribution is -2.30. The Hall–Kier alpha value is -2.27. The molecule has 2 rings (SSSR count). The quantitative estimate of drug-likeness (QED) is 0.876. The highest BCUT2D eigenvalue weighted by Gasteiger charge is 2.17. The first-order chi connectivity index (χ1) is 9.65. The third kappa shape index (κ3) is 3.00. The summed E-state index contributed by atoms with van der Waals surface area (Å²) in [6.45, 7) is 1.67. The van der Waals surface area contributed by atoms with E-state index in [4.69, 9.17) is 9.15 Å². The highest BCUT2D eigenvalue weighted by molar-refractivity contribution is 5.95. The number of carbonyl (C=O) groups excluding carboxylic acids is 1. The lowest BCUT2D eigenvalue weighted by Gasteiger charge is -2.14. The molecule has 0 fully saturated rings. The first kappa shape index (κ1) is 14.1. The zero-order valence-corrected chi connectivity index (χ0v) is 11.4. The number of benzene rings is 1. The monoisotopic (exact) mass is 275 g/mol. The average Bonchev–Trinajstić information content (AvgIpc) is 2.99. The minimum absolute atomic E-state index is 0.234. The van der Waals surface area contributed by atoms with Crippen LogP contribution in [0.5, 0.6) is 5.75 Å². The molecule has 0 aliphatic carbocycles. The van der Waals surface area contributed by atoms with Crippen LogP contribution in [-0.4, -0.2) is 24.7 Å². The molecule has 0 radical (unpaired) electrons. The number of aliphatic hydroxyl groups excluding tert-OH is 1. The van der Waals surface area contributed by atoms with Gasteiger partial charge in [-0.2, -0.15) is 0 Å². The molecule has 0 aliphatic rings. The van der Waals surface area contributed by atoms with Crippen LogP contribution in [0.15, 0.2) is 41.0 Å². The van der Waals surface area contributed by atoms with Crippen LogP contribution in [0.3, 0.4) is 0 Å². The van der Waals surface area contributed by atoms with Gasteiger partial charge in [-0.3, -0.25) is 4.79 Å². The third-order valence-electron chi connectivity index (χ3n) is 3.04. The molecule has 2 aromatic rings. The number of furan rings is 1. The Morgan fingerprint density at radius 3 is 2.85 bits per heavy atom. The predicted octanol–water partition coefficient (Wildman–Crippen LogP) is 2.06. The van der Waals surface area contributed by atoms with Crippen molar-refractivity contribution in [2.24, 2.45) is 0 Å². The fourth-order valence-electron chi connectivity index (χ4n) is 1.90. The van der Waals surface area contributed by atoms with Crippen LogP contribution >= 0.6 is 0 Å². The third-order valence-corrected chi connectivity index (χ3v) is 3.04. The molecule has 1 unspecified atom stereocenters. The Bertz CT molecular complexity index is 578. The normalized spacial score (nSPS) is 11.9. The number of amides is 1. The van der Waals surface area contributed by atoms with Gasteiger partial charge in [-0.05, 0) is 36.8 Å². The van der Waals surface area contributed by atoms with Gasteiger partial charge in [0.15, 0.2) is 0 Å². The molecule has 1 aromatic carbocycles. The summed E-state index contributed by atoms with van der Waals surface area (Å²) < 4.78 is 10.4. The van der Waals surface area contributed by atoms with E-state index < -0.39 is 6.04 Å². The molecular formula is C15H17NO4. The van der Waals surface area contributed by atoms with Gasteiger partial charge in [0, 0.05) is 5.56 Å². The van der Waals surface area contributed by atoms with Gasteiger partial charge in [0.2, 0.25) is 0 Å². The van der Waals surface area contributed by atoms with Crippen LogP contribution in [0.2, 0.25) is 0 Å². The number of ether oxygens (including phenoxy) is 1. The molecule has 1 heterocycles. The van der Waals surface area contributed by atoms with Gasteiger partial charge in [-0.1, -0.05) is 6.07 Å². The summed E-state index contributed by atoms with van der Waals surface area (Å²) in [7, 11) is 1.56. The summed E-state index contributed by atoms with van der Waals surface area (Å²) in [5.74, 6) is 0.870. The standard InChI is InChI=1S/C15H17NO4/c1-10-5-6-11(8-14(10)19-2)15(18)16-12(9-17)13-4-3-7-20-13/h3-8,12,17H,9H2,1-2H3,(H,16,18). The number of carbonyl (C=O) groups is 1. The maximum absolute atomic E-state index is 12.2. The largest absolute Gasteiger partial charge is 0.496 e. The highest BCUT2D eigenvalue weighted by atomic mass is 16.5. The van der Waals surface area contributed by atoms with E-state index >= 15 is 0 Å². The van der Waals surface area contributed by atoms with Gasteiger partial charge in [0.25, 0.3) is 5.91 Å². The van der Waals surface area contributed by atoms with Gasteiger partial charge in [0.05, 0.1) is 20.0 Å². The van der Waals surface area contributed by atoms with Crippen LogP contribution in [-0.2, 0) is 0 Å². The molecule has 20 heavy (non-hydrogen) atoms. The van der Waals surface area contributed by atoms with Crippen molar-refractivity contribution < 1.29 is 19.1 Å². The van der Waals surface area contributed by atoms with Gasteiger partial charge >= 0.3 is 0 Å². The van der Waals surface area contributed by atoms with Crippen molar-refractivity contribution in [3.8, 4) is 5.75 Å². The van der Waals surface area contributed by atoms with Crippen molar-refractivity contribution in [3.63, 3.8) is 0 Å². The molecule has 106 valence electrons. The second-order valence-corrected chi connectivity index (χ2v) is 4.41. The maximum atomic E-state index is 12.2. The molecule has 1 atom stereocenters. The van der Waals surface area contributed by atoms with Crippen molar-refractivity contribution >= 4 is 5.91 Å². The summed E-state index contributed by atoms with van der Waals surface area (Å²) in [5, 5.41) is 12.1. The lowest BCUT2D eigenvalue weighted by molar-refractivity contribution is 0.0907. The van der Waals surface area contributed by atoms with Gasteiger partial charge in [0.1, 0.15) is 17.6 Å². The van der Waals surface area contributed by atoms with Crippen LogP contribution < -0.4 is 10.1 Å². The molecular weight excluding hydrogens is 258 g/mol. The predicted molar refractivity (Wildman–Crippen MR) is 73.7 cm³/mol. The zero-order valence-electron chi connectivity index (χ0n) is 11.4. The van der Waals surface area contributed by atoms with Gasteiger partial charge in [-0.25, -0.2) is 0 Å². The van der Waals surface area contributed by atoms with Gasteiger partial charge in [-0.15, -0.1) is 0 Å². The number of aryl methyl sites for hydroxylation is 1. The number of aliphatic hydroxyl groups is 1. The maximum Gasteiger partial charge on any atom is 0.252 e. The van der Waals surface area contributed by atoms with E-state index in [0.717, 1.165) is 5.56 Å². The molecule has 5 heteroatoms. The molecule has 1 amide bonds. The molecule has 0 saturated carbocycles. The Kier molecular flexibility index (Phi) is 4.42. The second kappa shape index (κ2) is 6.25. The van der Waals surface area contributed by atoms with Crippen molar-refractivity contribution in [1.82, 2.24) is 5.32 Å². The number of hydrogen-bond donors (Lipinski definition) is 2. The first-order valence-corrected chi connectivity index (χ1v) is 6.25. The molecule has 0 bridgehead atoms. The van der Waals surface area contributed by atoms with Crippen LogP contribution in [0.4, 0.5) is 0 Å². The minimum Gasteiger partial charge on any atom is -0.496 e. The molecule has 2 N–H and O–H groups in total. The molecule has 5 nitrogen and oxygen atoms in total. The lowest BCUT2D eigenvalue weighted by atomic mass is 10.1. The van der Waals surface area contributed by atoms with E-state index in [1.54, 1.807) is 31.4 Å². The summed E-state index contributed by atoms with van der Waals surface area (Å²) in [4.78, 5) is 12.2. The van der Waals surface area contributed by atoms with E-state index in [-0.39, 0.29) is 12.5 Å². The molecule has 0 spiro atoms. The number of methoxy groups -OCH3 is 1. The van der Waals surface area contributed by atoms with Crippen molar-refractivity contribution in [2.75, 3.05) is 13.7 Å².